The molecule has 3 rings (SSSR count). The van der Waals surface area contributed by atoms with E-state index in [4.69, 9.17) is 15.5 Å². The molecule has 94 valence electrons. The van der Waals surface area contributed by atoms with Crippen LogP contribution >= 0.6 is 15.9 Å². The van der Waals surface area contributed by atoms with Crippen LogP contribution < -0.4 is 5.73 Å². The number of nitrogens with two attached hydrogens (primary N) is 1. The molecule has 0 amide bonds. The Labute approximate surface area is 114 Å². The first-order valence-electron chi connectivity index (χ1n) is 6.17. The first-order valence-corrected chi connectivity index (χ1v) is 6.97. The molecule has 2 heterocycles. The molecule has 0 bridgehead atoms. The Hall–Kier alpha value is -1.13. The van der Waals surface area contributed by atoms with Crippen LogP contribution in [0.4, 0.5) is 5.69 Å². The van der Waals surface area contributed by atoms with Gasteiger partial charge in [-0.3, -0.25) is 4.98 Å². The molecule has 0 saturated heterocycles. The second-order valence-electron chi connectivity index (χ2n) is 4.57. The van der Waals surface area contributed by atoms with Gasteiger partial charge in [0.15, 0.2) is 0 Å². The lowest BCUT2D eigenvalue weighted by molar-refractivity contribution is 0.110. The van der Waals surface area contributed by atoms with E-state index >= 15 is 0 Å². The number of aromatic nitrogens is 1. The van der Waals surface area contributed by atoms with Gasteiger partial charge in [0.2, 0.25) is 0 Å². The number of halogens is 1. The minimum Gasteiger partial charge on any atom is -0.398 e. The van der Waals surface area contributed by atoms with Crippen LogP contribution in [0.2, 0.25) is 0 Å². The summed E-state index contributed by atoms with van der Waals surface area (Å²) >= 11 is 3.54. The number of rotatable bonds is 1. The standard InChI is InChI=1S/C14H15BrN2O/c1-2-8-5-9(15)6-10-13(16)11-7-18-4-3-12(11)17-14(8)10/h5-6H,2-4,7H2,1H3,(H2,16,17). The van der Waals surface area contributed by atoms with Gasteiger partial charge in [-0.1, -0.05) is 22.9 Å². The van der Waals surface area contributed by atoms with Crippen molar-refractivity contribution < 1.29 is 4.74 Å². The van der Waals surface area contributed by atoms with Gasteiger partial charge in [-0.05, 0) is 24.1 Å². The van der Waals surface area contributed by atoms with Crippen molar-refractivity contribution in [1.82, 2.24) is 4.98 Å². The summed E-state index contributed by atoms with van der Waals surface area (Å²) in [6.07, 6.45) is 1.81. The van der Waals surface area contributed by atoms with Crippen molar-refractivity contribution in [3.63, 3.8) is 0 Å². The average molecular weight is 307 g/mol. The number of ether oxygens (including phenoxy) is 1. The molecule has 1 aromatic carbocycles. The molecule has 0 fully saturated rings. The van der Waals surface area contributed by atoms with Crippen LogP contribution in [0.3, 0.4) is 0 Å². The number of hydrogen-bond donors (Lipinski definition) is 1. The van der Waals surface area contributed by atoms with Gasteiger partial charge in [-0.15, -0.1) is 0 Å². The third kappa shape index (κ3) is 1.80. The topological polar surface area (TPSA) is 48.1 Å². The van der Waals surface area contributed by atoms with Crippen LogP contribution in [0.5, 0.6) is 0 Å². The number of nitrogen functional groups attached to an aromatic ring is 1. The summed E-state index contributed by atoms with van der Waals surface area (Å²) in [5.41, 5.74) is 11.6. The SMILES string of the molecule is CCc1cc(Br)cc2c(N)c3c(nc12)CCOC3. The highest BCUT2D eigenvalue weighted by molar-refractivity contribution is 9.10. The minimum absolute atomic E-state index is 0.581. The number of nitrogens with zero attached hydrogens (tertiary/aromatic N) is 1. The number of anilines is 1. The van der Waals surface area contributed by atoms with Crippen LogP contribution in [-0.4, -0.2) is 11.6 Å². The number of fused-ring (bicyclic) bond motifs is 2. The Morgan fingerprint density at radius 2 is 2.28 bits per heavy atom. The van der Waals surface area contributed by atoms with Crippen molar-refractivity contribution in [1.29, 1.82) is 0 Å². The molecular formula is C14H15BrN2O. The van der Waals surface area contributed by atoms with Gasteiger partial charge in [-0.2, -0.15) is 0 Å². The molecule has 2 N–H and O–H groups in total. The predicted molar refractivity (Wildman–Crippen MR) is 76.6 cm³/mol. The summed E-state index contributed by atoms with van der Waals surface area (Å²) in [6.45, 7) is 3.46. The van der Waals surface area contributed by atoms with Crippen LogP contribution in [0.15, 0.2) is 16.6 Å². The molecule has 0 aliphatic carbocycles. The summed E-state index contributed by atoms with van der Waals surface area (Å²) < 4.78 is 6.53. The van der Waals surface area contributed by atoms with Crippen LogP contribution in [0.25, 0.3) is 10.9 Å². The van der Waals surface area contributed by atoms with Crippen molar-refractivity contribution >= 4 is 32.5 Å². The normalized spacial score (nSPS) is 14.8. The van der Waals surface area contributed by atoms with Crippen molar-refractivity contribution in [2.45, 2.75) is 26.4 Å². The van der Waals surface area contributed by atoms with Gasteiger partial charge in [0.1, 0.15) is 0 Å². The number of benzene rings is 1. The zero-order chi connectivity index (χ0) is 12.7. The first kappa shape index (κ1) is 11.9. The maximum absolute atomic E-state index is 6.29. The molecule has 2 aromatic rings. The summed E-state index contributed by atoms with van der Waals surface area (Å²) in [5.74, 6) is 0. The van der Waals surface area contributed by atoms with E-state index in [-0.39, 0.29) is 0 Å². The van der Waals surface area contributed by atoms with E-state index in [9.17, 15) is 0 Å². The van der Waals surface area contributed by atoms with E-state index in [1.807, 2.05) is 6.07 Å². The molecule has 0 atom stereocenters. The van der Waals surface area contributed by atoms with Crippen molar-refractivity contribution in [2.75, 3.05) is 12.3 Å². The highest BCUT2D eigenvalue weighted by atomic mass is 79.9. The van der Waals surface area contributed by atoms with Gasteiger partial charge in [-0.25, -0.2) is 0 Å². The van der Waals surface area contributed by atoms with Crippen molar-refractivity contribution in [3.8, 4) is 0 Å². The quantitative estimate of drug-likeness (QED) is 0.880. The lowest BCUT2D eigenvalue weighted by atomic mass is 10.0. The highest BCUT2D eigenvalue weighted by Crippen LogP contribution is 2.33. The van der Waals surface area contributed by atoms with Gasteiger partial charge < -0.3 is 10.5 Å². The molecule has 4 heteroatoms. The van der Waals surface area contributed by atoms with E-state index in [2.05, 4.69) is 28.9 Å². The Morgan fingerprint density at radius 1 is 1.44 bits per heavy atom. The maximum Gasteiger partial charge on any atom is 0.0758 e. The van der Waals surface area contributed by atoms with E-state index in [0.29, 0.717) is 6.61 Å². The molecule has 18 heavy (non-hydrogen) atoms. The third-order valence-electron chi connectivity index (χ3n) is 3.47. The monoisotopic (exact) mass is 306 g/mol. The molecule has 0 radical (unpaired) electrons. The fourth-order valence-electron chi connectivity index (χ4n) is 2.49. The summed E-state index contributed by atoms with van der Waals surface area (Å²) in [7, 11) is 0. The van der Waals surface area contributed by atoms with Crippen LogP contribution in [0, 0.1) is 0 Å². The molecule has 0 saturated carbocycles. The molecule has 3 nitrogen and oxygen atoms in total. The van der Waals surface area contributed by atoms with E-state index in [1.165, 1.54) is 5.56 Å². The van der Waals surface area contributed by atoms with Gasteiger partial charge >= 0.3 is 0 Å². The lowest BCUT2D eigenvalue weighted by Gasteiger charge is -2.20. The zero-order valence-electron chi connectivity index (χ0n) is 10.3. The summed E-state index contributed by atoms with van der Waals surface area (Å²) in [6, 6.07) is 4.17. The fourth-order valence-corrected chi connectivity index (χ4v) is 3.00. The Bertz CT molecular complexity index is 625. The molecule has 1 aliphatic rings. The third-order valence-corrected chi connectivity index (χ3v) is 3.93. The smallest absolute Gasteiger partial charge is 0.0758 e. The van der Waals surface area contributed by atoms with Gasteiger partial charge in [0.05, 0.1) is 24.4 Å². The fraction of sp³-hybridized carbons (Fsp3) is 0.357. The van der Waals surface area contributed by atoms with Gasteiger partial charge in [0, 0.05) is 27.5 Å². The molecule has 1 aromatic heterocycles. The van der Waals surface area contributed by atoms with E-state index in [0.717, 1.165) is 51.8 Å². The highest BCUT2D eigenvalue weighted by Gasteiger charge is 2.18. The molecular weight excluding hydrogens is 292 g/mol. The van der Waals surface area contributed by atoms with Crippen molar-refractivity contribution in [3.05, 3.63) is 33.4 Å². The average Bonchev–Trinajstić information content (AvgIpc) is 2.39. The number of pyridine rings is 1. The summed E-state index contributed by atoms with van der Waals surface area (Å²) in [4.78, 5) is 4.81. The second kappa shape index (κ2) is 4.52. The Morgan fingerprint density at radius 3 is 3.06 bits per heavy atom. The van der Waals surface area contributed by atoms with E-state index in [1.54, 1.807) is 0 Å². The molecule has 0 spiro atoms. The first-order chi connectivity index (χ1) is 8.70. The number of aryl methyl sites for hydroxylation is 1. The maximum atomic E-state index is 6.29. The van der Waals surface area contributed by atoms with Gasteiger partial charge in [0.25, 0.3) is 0 Å². The largest absolute Gasteiger partial charge is 0.398 e. The summed E-state index contributed by atoms with van der Waals surface area (Å²) in [5, 5.41) is 1.03. The van der Waals surface area contributed by atoms with Crippen LogP contribution in [-0.2, 0) is 24.2 Å². The number of hydrogen-bond acceptors (Lipinski definition) is 3. The molecule has 1 aliphatic heterocycles. The lowest BCUT2D eigenvalue weighted by Crippen LogP contribution is -2.14. The zero-order valence-corrected chi connectivity index (χ0v) is 11.9. The molecule has 0 unspecified atom stereocenters. The predicted octanol–water partition coefficient (Wildman–Crippen LogP) is 3.21. The van der Waals surface area contributed by atoms with Crippen molar-refractivity contribution in [2.24, 2.45) is 0 Å². The van der Waals surface area contributed by atoms with Crippen LogP contribution in [0.1, 0.15) is 23.7 Å². The van der Waals surface area contributed by atoms with E-state index < -0.39 is 0 Å². The Kier molecular flexibility index (Phi) is 2.99. The second-order valence-corrected chi connectivity index (χ2v) is 5.48. The Balaban J connectivity index is 2.37. The minimum atomic E-state index is 0.581.